The van der Waals surface area contributed by atoms with Crippen LogP contribution in [-0.2, 0) is 0 Å². The molecule has 1 aromatic heterocycles. The minimum Gasteiger partial charge on any atom is -0.486 e. The lowest BCUT2D eigenvalue weighted by atomic mass is 10.1. The third-order valence-electron chi connectivity index (χ3n) is 2.56. The molecule has 0 bridgehead atoms. The Bertz CT molecular complexity index is 563. The smallest absolute Gasteiger partial charge is 0.167 e. The van der Waals surface area contributed by atoms with Crippen molar-refractivity contribution in [1.82, 2.24) is 10.2 Å². The number of aromatic nitrogens is 2. The molecule has 0 spiro atoms. The summed E-state index contributed by atoms with van der Waals surface area (Å²) >= 11 is 0. The number of carbonyl (C=O) groups excluding carboxylic acids is 1. The maximum absolute atomic E-state index is 10.6. The first-order valence-electron chi connectivity index (χ1n) is 5.27. The minimum absolute atomic E-state index is 0.454. The lowest BCUT2D eigenvalue weighted by molar-refractivity contribution is 0.111. The minimum atomic E-state index is 0.454. The Labute approximate surface area is 97.4 Å². The predicted octanol–water partition coefficient (Wildman–Crippen LogP) is 1.66. The number of rotatable bonds is 2. The third kappa shape index (κ3) is 1.75. The summed E-state index contributed by atoms with van der Waals surface area (Å²) in [7, 11) is 0. The van der Waals surface area contributed by atoms with E-state index in [1.54, 1.807) is 6.07 Å². The van der Waals surface area contributed by atoms with Gasteiger partial charge in [0.15, 0.2) is 17.8 Å². The van der Waals surface area contributed by atoms with Gasteiger partial charge in [-0.25, -0.2) is 0 Å². The van der Waals surface area contributed by atoms with Gasteiger partial charge in [-0.1, -0.05) is 0 Å². The topological polar surface area (TPSA) is 64.2 Å². The zero-order valence-corrected chi connectivity index (χ0v) is 8.97. The maximum atomic E-state index is 10.6. The Hall–Kier alpha value is -2.30. The number of hydrogen-bond donors (Lipinski definition) is 1. The summed E-state index contributed by atoms with van der Waals surface area (Å²) in [4.78, 5) is 10.6. The van der Waals surface area contributed by atoms with E-state index in [9.17, 15) is 4.79 Å². The highest BCUT2D eigenvalue weighted by atomic mass is 16.6. The van der Waals surface area contributed by atoms with Gasteiger partial charge in [0.05, 0.1) is 11.4 Å². The Balaban J connectivity index is 2.00. The zero-order valence-electron chi connectivity index (χ0n) is 8.97. The summed E-state index contributed by atoms with van der Waals surface area (Å²) < 4.78 is 10.9. The average molecular weight is 230 g/mol. The molecule has 0 aliphatic carbocycles. The average Bonchev–Trinajstić information content (AvgIpc) is 2.87. The van der Waals surface area contributed by atoms with Gasteiger partial charge in [0.2, 0.25) is 0 Å². The van der Waals surface area contributed by atoms with Crippen LogP contribution in [0.4, 0.5) is 0 Å². The van der Waals surface area contributed by atoms with Crippen molar-refractivity contribution in [2.45, 2.75) is 0 Å². The number of ether oxygens (including phenoxy) is 2. The Kier molecular flexibility index (Phi) is 2.29. The van der Waals surface area contributed by atoms with Crippen LogP contribution >= 0.6 is 0 Å². The van der Waals surface area contributed by atoms with Gasteiger partial charge >= 0.3 is 0 Å². The summed E-state index contributed by atoms with van der Waals surface area (Å²) in [5.41, 5.74) is 2.05. The van der Waals surface area contributed by atoms with Gasteiger partial charge in [-0.15, -0.1) is 0 Å². The van der Waals surface area contributed by atoms with Crippen LogP contribution in [0.1, 0.15) is 10.5 Å². The molecule has 1 aliphatic rings. The van der Waals surface area contributed by atoms with Gasteiger partial charge in [0.25, 0.3) is 0 Å². The number of aromatic amines is 1. The predicted molar refractivity (Wildman–Crippen MR) is 60.4 cm³/mol. The van der Waals surface area contributed by atoms with Crippen molar-refractivity contribution in [1.29, 1.82) is 0 Å². The maximum Gasteiger partial charge on any atom is 0.167 e. The molecule has 86 valence electrons. The lowest BCUT2D eigenvalue weighted by Gasteiger charge is -2.18. The molecular weight excluding hydrogens is 220 g/mol. The SMILES string of the molecule is O=Cc1cc(-c2ccc3c(c2)OCCO3)n[nH]1. The lowest BCUT2D eigenvalue weighted by Crippen LogP contribution is -2.15. The van der Waals surface area contributed by atoms with Crippen LogP contribution in [-0.4, -0.2) is 29.7 Å². The van der Waals surface area contributed by atoms with Gasteiger partial charge in [-0.05, 0) is 24.3 Å². The number of nitrogens with zero attached hydrogens (tertiary/aromatic N) is 1. The summed E-state index contributed by atoms with van der Waals surface area (Å²) in [6, 6.07) is 7.29. The van der Waals surface area contributed by atoms with Gasteiger partial charge in [-0.3, -0.25) is 9.89 Å². The van der Waals surface area contributed by atoms with Crippen molar-refractivity contribution >= 4 is 6.29 Å². The van der Waals surface area contributed by atoms with Crippen molar-refractivity contribution in [3.63, 3.8) is 0 Å². The molecule has 17 heavy (non-hydrogen) atoms. The number of nitrogens with one attached hydrogen (secondary N) is 1. The molecule has 1 aliphatic heterocycles. The van der Waals surface area contributed by atoms with E-state index < -0.39 is 0 Å². The molecule has 1 N–H and O–H groups in total. The first-order valence-corrected chi connectivity index (χ1v) is 5.27. The van der Waals surface area contributed by atoms with Crippen molar-refractivity contribution in [2.24, 2.45) is 0 Å². The highest BCUT2D eigenvalue weighted by Gasteiger charge is 2.13. The van der Waals surface area contributed by atoms with E-state index in [-0.39, 0.29) is 0 Å². The van der Waals surface area contributed by atoms with Crippen LogP contribution in [0.15, 0.2) is 24.3 Å². The fourth-order valence-corrected chi connectivity index (χ4v) is 1.75. The van der Waals surface area contributed by atoms with E-state index in [0.29, 0.717) is 30.4 Å². The third-order valence-corrected chi connectivity index (χ3v) is 2.56. The van der Waals surface area contributed by atoms with E-state index in [1.165, 1.54) is 0 Å². The molecule has 1 aromatic carbocycles. The second-order valence-electron chi connectivity index (χ2n) is 3.68. The normalized spacial score (nSPS) is 13.4. The second-order valence-corrected chi connectivity index (χ2v) is 3.68. The fraction of sp³-hybridized carbons (Fsp3) is 0.167. The monoisotopic (exact) mass is 230 g/mol. The summed E-state index contributed by atoms with van der Waals surface area (Å²) in [6.07, 6.45) is 0.731. The van der Waals surface area contributed by atoms with Crippen molar-refractivity contribution < 1.29 is 14.3 Å². The number of carbonyl (C=O) groups is 1. The number of H-pyrrole nitrogens is 1. The van der Waals surface area contributed by atoms with Crippen molar-refractivity contribution in [2.75, 3.05) is 13.2 Å². The molecule has 0 radical (unpaired) electrons. The first-order chi connectivity index (χ1) is 8.36. The standard InChI is InChI=1S/C12H10N2O3/c15-7-9-6-10(14-13-9)8-1-2-11-12(5-8)17-4-3-16-11/h1-2,5-7H,3-4H2,(H,13,14). The molecule has 0 amide bonds. The molecule has 3 rings (SSSR count). The number of hydrogen-bond acceptors (Lipinski definition) is 4. The Morgan fingerprint density at radius 3 is 2.76 bits per heavy atom. The number of aldehydes is 1. The summed E-state index contributed by atoms with van der Waals surface area (Å²) in [5, 5.41) is 6.70. The quantitative estimate of drug-likeness (QED) is 0.797. The molecule has 2 heterocycles. The van der Waals surface area contributed by atoms with E-state index in [4.69, 9.17) is 9.47 Å². The number of fused-ring (bicyclic) bond motifs is 1. The highest BCUT2D eigenvalue weighted by Crippen LogP contribution is 2.33. The van der Waals surface area contributed by atoms with Crippen LogP contribution in [0.5, 0.6) is 11.5 Å². The van der Waals surface area contributed by atoms with E-state index in [0.717, 1.165) is 17.6 Å². The van der Waals surface area contributed by atoms with Gasteiger partial charge < -0.3 is 9.47 Å². The van der Waals surface area contributed by atoms with Crippen LogP contribution in [0, 0.1) is 0 Å². The fourth-order valence-electron chi connectivity index (χ4n) is 1.75. The van der Waals surface area contributed by atoms with Crippen LogP contribution in [0.3, 0.4) is 0 Å². The molecule has 5 nitrogen and oxygen atoms in total. The van der Waals surface area contributed by atoms with Gasteiger partial charge in [0, 0.05) is 5.56 Å². The Morgan fingerprint density at radius 2 is 2.00 bits per heavy atom. The summed E-state index contributed by atoms with van der Waals surface area (Å²) in [6.45, 7) is 1.13. The highest BCUT2D eigenvalue weighted by molar-refractivity contribution is 5.75. The van der Waals surface area contributed by atoms with E-state index in [2.05, 4.69) is 10.2 Å². The molecule has 2 aromatic rings. The van der Waals surface area contributed by atoms with E-state index >= 15 is 0 Å². The Morgan fingerprint density at radius 1 is 1.18 bits per heavy atom. The zero-order chi connectivity index (χ0) is 11.7. The van der Waals surface area contributed by atoms with Crippen LogP contribution in [0.2, 0.25) is 0 Å². The second kappa shape index (κ2) is 3.93. The van der Waals surface area contributed by atoms with Crippen molar-refractivity contribution in [3.05, 3.63) is 30.0 Å². The molecule has 0 atom stereocenters. The van der Waals surface area contributed by atoms with E-state index in [1.807, 2.05) is 18.2 Å². The molecular formula is C12H10N2O3. The van der Waals surface area contributed by atoms with Crippen molar-refractivity contribution in [3.8, 4) is 22.8 Å². The van der Waals surface area contributed by atoms with Gasteiger partial charge in [-0.2, -0.15) is 5.10 Å². The molecule has 5 heteroatoms. The number of benzene rings is 1. The van der Waals surface area contributed by atoms with Crippen LogP contribution < -0.4 is 9.47 Å². The van der Waals surface area contributed by atoms with Gasteiger partial charge in [0.1, 0.15) is 13.2 Å². The molecule has 0 fully saturated rings. The van der Waals surface area contributed by atoms with Crippen LogP contribution in [0.25, 0.3) is 11.3 Å². The largest absolute Gasteiger partial charge is 0.486 e. The molecule has 0 saturated carbocycles. The molecule has 0 unspecified atom stereocenters. The first kappa shape index (κ1) is 9.89. The summed E-state index contributed by atoms with van der Waals surface area (Å²) in [5.74, 6) is 1.45. The molecule has 0 saturated heterocycles.